The Hall–Kier alpha value is -2.48. The fourth-order valence-corrected chi connectivity index (χ4v) is 4.24. The molecule has 4 heteroatoms. The molecule has 2 heterocycles. The summed E-state index contributed by atoms with van der Waals surface area (Å²) in [5.74, 6) is 0.335. The molecule has 2 aliphatic heterocycles. The first-order valence-corrected chi connectivity index (χ1v) is 9.18. The molecule has 2 fully saturated rings. The van der Waals surface area contributed by atoms with E-state index in [0.717, 1.165) is 18.4 Å². The summed E-state index contributed by atoms with van der Waals surface area (Å²) in [5, 5.41) is 9.74. The van der Waals surface area contributed by atoms with Crippen molar-refractivity contribution in [3.63, 3.8) is 0 Å². The fraction of sp³-hybridized carbons (Fsp3) is 0.364. The minimum atomic E-state index is -0.213. The van der Waals surface area contributed by atoms with Crippen LogP contribution in [0.4, 0.5) is 0 Å². The molecular weight excluding hydrogens is 324 g/mol. The zero-order valence-corrected chi connectivity index (χ0v) is 14.6. The van der Waals surface area contributed by atoms with Gasteiger partial charge >= 0.3 is 0 Å². The second kappa shape index (κ2) is 7.41. The predicted molar refractivity (Wildman–Crippen MR) is 98.3 cm³/mol. The van der Waals surface area contributed by atoms with Crippen molar-refractivity contribution in [3.8, 4) is 6.07 Å². The highest BCUT2D eigenvalue weighted by atomic mass is 16.5. The Labute approximate surface area is 154 Å². The van der Waals surface area contributed by atoms with Crippen molar-refractivity contribution >= 4 is 5.78 Å². The number of ketones is 1. The molecule has 0 aliphatic carbocycles. The van der Waals surface area contributed by atoms with Crippen LogP contribution in [0.1, 0.15) is 41.2 Å². The van der Waals surface area contributed by atoms with Crippen LogP contribution in [0.2, 0.25) is 0 Å². The smallest absolute Gasteiger partial charge is 0.163 e. The molecule has 2 aliphatic rings. The number of piperidine rings is 1. The number of benzene rings is 2. The van der Waals surface area contributed by atoms with Crippen molar-refractivity contribution in [2.24, 2.45) is 5.92 Å². The molecule has 2 aromatic rings. The van der Waals surface area contributed by atoms with Crippen LogP contribution < -0.4 is 0 Å². The van der Waals surface area contributed by atoms with E-state index >= 15 is 0 Å². The molecule has 26 heavy (non-hydrogen) atoms. The zero-order valence-electron chi connectivity index (χ0n) is 14.6. The van der Waals surface area contributed by atoms with Gasteiger partial charge < -0.3 is 4.74 Å². The molecule has 0 saturated carbocycles. The summed E-state index contributed by atoms with van der Waals surface area (Å²) in [6, 6.07) is 22.0. The van der Waals surface area contributed by atoms with Crippen molar-refractivity contribution in [1.82, 2.24) is 4.90 Å². The monoisotopic (exact) mass is 346 g/mol. The van der Waals surface area contributed by atoms with Gasteiger partial charge in [0.15, 0.2) is 5.78 Å². The van der Waals surface area contributed by atoms with Gasteiger partial charge in [-0.15, -0.1) is 0 Å². The molecule has 132 valence electrons. The van der Waals surface area contributed by atoms with Crippen LogP contribution in [0.3, 0.4) is 0 Å². The fourth-order valence-electron chi connectivity index (χ4n) is 4.24. The van der Waals surface area contributed by atoms with Crippen LogP contribution in [-0.4, -0.2) is 29.6 Å². The van der Waals surface area contributed by atoms with Gasteiger partial charge in [0.25, 0.3) is 0 Å². The molecule has 2 unspecified atom stereocenters. The Bertz CT molecular complexity index is 800. The molecule has 0 amide bonds. The van der Waals surface area contributed by atoms with Gasteiger partial charge in [0.05, 0.1) is 18.7 Å². The number of rotatable bonds is 4. The number of ether oxygens (including phenoxy) is 1. The van der Waals surface area contributed by atoms with Gasteiger partial charge in [0.1, 0.15) is 12.3 Å². The summed E-state index contributed by atoms with van der Waals surface area (Å²) >= 11 is 0. The maximum absolute atomic E-state index is 12.5. The molecule has 0 N–H and O–H groups in total. The third kappa shape index (κ3) is 3.29. The highest BCUT2D eigenvalue weighted by Gasteiger charge is 2.45. The Balaban J connectivity index is 1.48. The van der Waals surface area contributed by atoms with Crippen molar-refractivity contribution in [2.45, 2.75) is 37.6 Å². The molecule has 4 rings (SSSR count). The summed E-state index contributed by atoms with van der Waals surface area (Å²) < 4.78 is 6.04. The zero-order chi connectivity index (χ0) is 17.9. The normalized spacial score (nSPS) is 28.3. The molecule has 0 bridgehead atoms. The lowest BCUT2D eigenvalue weighted by Gasteiger charge is -2.39. The number of carbonyl (C=O) groups excluding carboxylic acids is 1. The molecule has 0 radical (unpaired) electrons. The summed E-state index contributed by atoms with van der Waals surface area (Å²) in [5.41, 5.74) is 1.94. The van der Waals surface area contributed by atoms with Crippen LogP contribution in [-0.2, 0) is 4.74 Å². The van der Waals surface area contributed by atoms with Gasteiger partial charge in [0.2, 0.25) is 0 Å². The average Bonchev–Trinajstić information content (AvgIpc) is 3.12. The highest BCUT2D eigenvalue weighted by molar-refractivity contribution is 5.96. The molecule has 2 saturated heterocycles. The van der Waals surface area contributed by atoms with E-state index in [-0.39, 0.29) is 30.0 Å². The maximum Gasteiger partial charge on any atom is 0.163 e. The van der Waals surface area contributed by atoms with Crippen molar-refractivity contribution < 1.29 is 9.53 Å². The topological polar surface area (TPSA) is 53.3 Å². The maximum atomic E-state index is 12.5. The minimum Gasteiger partial charge on any atom is -0.361 e. The lowest BCUT2D eigenvalue weighted by Crippen LogP contribution is -2.47. The van der Waals surface area contributed by atoms with E-state index in [1.807, 2.05) is 48.5 Å². The highest BCUT2D eigenvalue weighted by Crippen LogP contribution is 2.41. The summed E-state index contributed by atoms with van der Waals surface area (Å²) in [7, 11) is 0. The van der Waals surface area contributed by atoms with Crippen LogP contribution in [0.25, 0.3) is 0 Å². The van der Waals surface area contributed by atoms with E-state index < -0.39 is 0 Å². The van der Waals surface area contributed by atoms with Crippen LogP contribution in [0, 0.1) is 17.2 Å². The third-order valence-corrected chi connectivity index (χ3v) is 5.49. The van der Waals surface area contributed by atoms with E-state index in [4.69, 9.17) is 4.74 Å². The van der Waals surface area contributed by atoms with E-state index in [1.165, 1.54) is 5.56 Å². The largest absolute Gasteiger partial charge is 0.361 e. The summed E-state index contributed by atoms with van der Waals surface area (Å²) in [6.07, 6.45) is 1.93. The lowest BCUT2D eigenvalue weighted by molar-refractivity contribution is -0.0328. The van der Waals surface area contributed by atoms with Gasteiger partial charge in [-0.1, -0.05) is 60.7 Å². The Kier molecular flexibility index (Phi) is 4.83. The van der Waals surface area contributed by atoms with Gasteiger partial charge in [-0.25, -0.2) is 0 Å². The third-order valence-electron chi connectivity index (χ3n) is 5.49. The van der Waals surface area contributed by atoms with Crippen molar-refractivity contribution in [3.05, 3.63) is 71.8 Å². The van der Waals surface area contributed by atoms with Crippen LogP contribution in [0.5, 0.6) is 0 Å². The molecule has 4 nitrogen and oxygen atoms in total. The molecule has 2 aromatic carbocycles. The number of hydrogen-bond acceptors (Lipinski definition) is 4. The SMILES string of the molecule is N#C[C@@H]1CC(CC(=O)c2ccccc2)CC2OC[C@@H](c3ccccc3)N21. The van der Waals surface area contributed by atoms with Gasteiger partial charge in [-0.3, -0.25) is 9.69 Å². The lowest BCUT2D eigenvalue weighted by atomic mass is 9.84. The molecule has 0 spiro atoms. The first-order valence-electron chi connectivity index (χ1n) is 9.18. The summed E-state index contributed by atoms with van der Waals surface area (Å²) in [4.78, 5) is 14.8. The quantitative estimate of drug-likeness (QED) is 0.786. The number of nitrogens with zero attached hydrogens (tertiary/aromatic N) is 2. The van der Waals surface area contributed by atoms with Gasteiger partial charge in [-0.2, -0.15) is 5.26 Å². The predicted octanol–water partition coefficient (Wildman–Crippen LogP) is 3.96. The number of Topliss-reactive ketones (excluding diaryl/α,β-unsaturated/α-hetero) is 1. The van der Waals surface area contributed by atoms with E-state index in [1.54, 1.807) is 0 Å². The number of carbonyl (C=O) groups is 1. The number of nitriles is 1. The Morgan fingerprint density at radius 2 is 1.77 bits per heavy atom. The van der Waals surface area contributed by atoms with E-state index in [2.05, 4.69) is 23.1 Å². The molecular formula is C22H22N2O2. The summed E-state index contributed by atoms with van der Waals surface area (Å²) in [6.45, 7) is 0.603. The van der Waals surface area contributed by atoms with Crippen molar-refractivity contribution in [1.29, 1.82) is 5.26 Å². The van der Waals surface area contributed by atoms with E-state index in [9.17, 15) is 10.1 Å². The van der Waals surface area contributed by atoms with E-state index in [0.29, 0.717) is 13.0 Å². The molecule has 0 aromatic heterocycles. The minimum absolute atomic E-state index is 0.0767. The number of hydrogen-bond donors (Lipinski definition) is 0. The standard InChI is InChI=1S/C22H22N2O2/c23-14-19-11-16(12-21(25)18-9-5-2-6-10-18)13-22-24(19)20(15-26-22)17-7-3-1-4-8-17/h1-10,16,19-20,22H,11-13,15H2/t16?,19-,20-,22?/m0/s1. The van der Waals surface area contributed by atoms with Crippen LogP contribution in [0.15, 0.2) is 60.7 Å². The first-order chi connectivity index (χ1) is 12.8. The first kappa shape index (κ1) is 17.0. The van der Waals surface area contributed by atoms with Gasteiger partial charge in [0, 0.05) is 12.0 Å². The number of fused-ring (bicyclic) bond motifs is 1. The molecule has 4 atom stereocenters. The van der Waals surface area contributed by atoms with Crippen LogP contribution >= 0.6 is 0 Å². The second-order valence-electron chi connectivity index (χ2n) is 7.14. The Morgan fingerprint density at radius 3 is 2.46 bits per heavy atom. The average molecular weight is 346 g/mol. The van der Waals surface area contributed by atoms with Gasteiger partial charge in [-0.05, 0) is 24.3 Å². The second-order valence-corrected chi connectivity index (χ2v) is 7.14. The van der Waals surface area contributed by atoms with Crippen molar-refractivity contribution in [2.75, 3.05) is 6.61 Å². The Morgan fingerprint density at radius 1 is 1.08 bits per heavy atom.